The second kappa shape index (κ2) is 5.48. The molecule has 1 heterocycles. The molecule has 0 spiro atoms. The first-order valence-electron chi connectivity index (χ1n) is 7.73. The van der Waals surface area contributed by atoms with Gasteiger partial charge in [0, 0.05) is 4.70 Å². The molecule has 0 bridgehead atoms. The van der Waals surface area contributed by atoms with Crippen molar-refractivity contribution in [3.63, 3.8) is 0 Å². The molecule has 4 heteroatoms. The number of carbonyl (C=O) groups is 1. The van der Waals surface area contributed by atoms with Crippen molar-refractivity contribution in [2.24, 2.45) is 0 Å². The average molecular weight is 323 g/mol. The van der Waals surface area contributed by atoms with Crippen molar-refractivity contribution in [3.8, 4) is 0 Å². The first kappa shape index (κ1) is 14.4. The quantitative estimate of drug-likeness (QED) is 0.775. The molecule has 0 saturated heterocycles. The molecule has 1 unspecified atom stereocenters. The summed E-state index contributed by atoms with van der Waals surface area (Å²) < 4.78 is 1.10. The summed E-state index contributed by atoms with van der Waals surface area (Å²) in [6.45, 7) is 0.247. The number of amides is 1. The number of nitrogens with one attached hydrogen (secondary N) is 1. The molecule has 1 atom stereocenters. The van der Waals surface area contributed by atoms with E-state index in [1.165, 1.54) is 16.9 Å². The van der Waals surface area contributed by atoms with E-state index in [1.807, 2.05) is 54.6 Å². The van der Waals surface area contributed by atoms with E-state index in [1.54, 1.807) is 0 Å². The lowest BCUT2D eigenvalue weighted by atomic mass is 9.96. The van der Waals surface area contributed by atoms with Crippen LogP contribution in [0, 0.1) is 0 Å². The van der Waals surface area contributed by atoms with Crippen LogP contribution in [0.25, 0.3) is 10.1 Å². The highest BCUT2D eigenvalue weighted by molar-refractivity contribution is 7.20. The van der Waals surface area contributed by atoms with Crippen LogP contribution in [0.3, 0.4) is 0 Å². The monoisotopic (exact) mass is 323 g/mol. The van der Waals surface area contributed by atoms with Crippen molar-refractivity contribution < 1.29 is 9.90 Å². The SMILES string of the molecule is O=C(NCC1(O)CCc2ccccc21)c1cc2ccccc2s1. The number of aliphatic hydroxyl groups is 1. The van der Waals surface area contributed by atoms with E-state index in [9.17, 15) is 9.90 Å². The van der Waals surface area contributed by atoms with Gasteiger partial charge in [-0.2, -0.15) is 0 Å². The fourth-order valence-electron chi connectivity index (χ4n) is 3.26. The lowest BCUT2D eigenvalue weighted by Gasteiger charge is -2.24. The summed E-state index contributed by atoms with van der Waals surface area (Å²) in [6.07, 6.45) is 1.50. The van der Waals surface area contributed by atoms with Crippen molar-refractivity contribution in [3.05, 3.63) is 70.6 Å². The third kappa shape index (κ3) is 2.54. The summed E-state index contributed by atoms with van der Waals surface area (Å²) in [5.41, 5.74) is 1.16. The van der Waals surface area contributed by atoms with Gasteiger partial charge >= 0.3 is 0 Å². The van der Waals surface area contributed by atoms with E-state index in [2.05, 4.69) is 5.32 Å². The van der Waals surface area contributed by atoms with E-state index in [0.717, 1.165) is 22.1 Å². The van der Waals surface area contributed by atoms with Crippen LogP contribution in [0.1, 0.15) is 27.2 Å². The number of hydrogen-bond donors (Lipinski definition) is 2. The van der Waals surface area contributed by atoms with Crippen LogP contribution in [0.4, 0.5) is 0 Å². The van der Waals surface area contributed by atoms with Crippen LogP contribution in [0.15, 0.2) is 54.6 Å². The highest BCUT2D eigenvalue weighted by Crippen LogP contribution is 2.36. The van der Waals surface area contributed by atoms with Gasteiger partial charge in [-0.1, -0.05) is 42.5 Å². The van der Waals surface area contributed by atoms with Crippen LogP contribution < -0.4 is 5.32 Å². The molecule has 4 rings (SSSR count). The molecule has 1 aromatic heterocycles. The van der Waals surface area contributed by atoms with E-state index in [0.29, 0.717) is 11.3 Å². The predicted molar refractivity (Wildman–Crippen MR) is 92.8 cm³/mol. The third-order valence-electron chi connectivity index (χ3n) is 4.52. The Balaban J connectivity index is 1.52. The zero-order chi connectivity index (χ0) is 15.9. The molecule has 1 aliphatic rings. The van der Waals surface area contributed by atoms with Crippen LogP contribution >= 0.6 is 11.3 Å². The Bertz CT molecular complexity index is 853. The van der Waals surface area contributed by atoms with E-state index >= 15 is 0 Å². The molecule has 0 radical (unpaired) electrons. The smallest absolute Gasteiger partial charge is 0.261 e. The Hall–Kier alpha value is -2.17. The van der Waals surface area contributed by atoms with Crippen molar-refractivity contribution >= 4 is 27.3 Å². The van der Waals surface area contributed by atoms with Gasteiger partial charge in [-0.25, -0.2) is 0 Å². The topological polar surface area (TPSA) is 49.3 Å². The maximum atomic E-state index is 12.4. The summed E-state index contributed by atoms with van der Waals surface area (Å²) in [5.74, 6) is -0.121. The summed E-state index contributed by atoms with van der Waals surface area (Å²) in [6, 6.07) is 17.8. The summed E-state index contributed by atoms with van der Waals surface area (Å²) in [7, 11) is 0. The van der Waals surface area contributed by atoms with E-state index < -0.39 is 5.60 Å². The largest absolute Gasteiger partial charge is 0.383 e. The van der Waals surface area contributed by atoms with Crippen molar-refractivity contribution in [2.45, 2.75) is 18.4 Å². The molecule has 0 aliphatic heterocycles. The van der Waals surface area contributed by atoms with Gasteiger partial charge in [0.25, 0.3) is 5.91 Å². The molecular formula is C19H17NO2S. The van der Waals surface area contributed by atoms with Crippen molar-refractivity contribution in [1.29, 1.82) is 0 Å². The lowest BCUT2D eigenvalue weighted by molar-refractivity contribution is 0.0370. The molecular weight excluding hydrogens is 306 g/mol. The second-order valence-corrected chi connectivity index (χ2v) is 7.10. The minimum atomic E-state index is -0.955. The Morgan fingerprint density at radius 3 is 2.83 bits per heavy atom. The summed E-state index contributed by atoms with van der Waals surface area (Å²) in [5, 5.41) is 14.8. The first-order chi connectivity index (χ1) is 11.2. The minimum absolute atomic E-state index is 0.121. The number of benzene rings is 2. The van der Waals surface area contributed by atoms with Gasteiger partial charge in [0.15, 0.2) is 0 Å². The molecule has 3 aromatic rings. The first-order valence-corrected chi connectivity index (χ1v) is 8.55. The summed E-state index contributed by atoms with van der Waals surface area (Å²) >= 11 is 1.48. The maximum Gasteiger partial charge on any atom is 0.261 e. The maximum absolute atomic E-state index is 12.4. The van der Waals surface area contributed by atoms with Gasteiger partial charge in [-0.15, -0.1) is 11.3 Å². The molecule has 116 valence electrons. The summed E-state index contributed by atoms with van der Waals surface area (Å²) in [4.78, 5) is 13.1. The van der Waals surface area contributed by atoms with Crippen LogP contribution in [-0.2, 0) is 12.0 Å². The Labute approximate surface area is 138 Å². The van der Waals surface area contributed by atoms with Crippen LogP contribution in [-0.4, -0.2) is 17.6 Å². The number of carbonyl (C=O) groups excluding carboxylic acids is 1. The standard InChI is InChI=1S/C19H17NO2S/c21-18(17-11-14-6-2-4-8-16(14)23-17)20-12-19(22)10-9-13-5-1-3-7-15(13)19/h1-8,11,22H,9-10,12H2,(H,20,21). The molecule has 2 aromatic carbocycles. The van der Waals surface area contributed by atoms with Crippen LogP contribution in [0.2, 0.25) is 0 Å². The Kier molecular flexibility index (Phi) is 3.43. The zero-order valence-corrected chi connectivity index (χ0v) is 13.4. The van der Waals surface area contributed by atoms with E-state index in [4.69, 9.17) is 0 Å². The highest BCUT2D eigenvalue weighted by atomic mass is 32.1. The number of hydrogen-bond acceptors (Lipinski definition) is 3. The molecule has 0 saturated carbocycles. The molecule has 1 amide bonds. The molecule has 23 heavy (non-hydrogen) atoms. The highest BCUT2D eigenvalue weighted by Gasteiger charge is 2.36. The van der Waals surface area contributed by atoms with Gasteiger partial charge < -0.3 is 10.4 Å². The molecule has 0 fully saturated rings. The Morgan fingerprint density at radius 1 is 1.17 bits per heavy atom. The van der Waals surface area contributed by atoms with Gasteiger partial charge in [-0.3, -0.25) is 4.79 Å². The minimum Gasteiger partial charge on any atom is -0.383 e. The van der Waals surface area contributed by atoms with Gasteiger partial charge in [0.05, 0.1) is 11.4 Å². The van der Waals surface area contributed by atoms with Crippen molar-refractivity contribution in [2.75, 3.05) is 6.54 Å². The zero-order valence-electron chi connectivity index (χ0n) is 12.6. The van der Waals surface area contributed by atoms with Gasteiger partial charge in [0.2, 0.25) is 0 Å². The average Bonchev–Trinajstić information content (AvgIpc) is 3.15. The third-order valence-corrected chi connectivity index (χ3v) is 5.63. The Morgan fingerprint density at radius 2 is 1.96 bits per heavy atom. The second-order valence-electron chi connectivity index (χ2n) is 6.02. The fourth-order valence-corrected chi connectivity index (χ4v) is 4.24. The fraction of sp³-hybridized carbons (Fsp3) is 0.211. The molecule has 2 N–H and O–H groups in total. The number of rotatable bonds is 3. The molecule has 1 aliphatic carbocycles. The van der Waals surface area contributed by atoms with Crippen LogP contribution in [0.5, 0.6) is 0 Å². The van der Waals surface area contributed by atoms with Gasteiger partial charge in [-0.05, 0) is 41.5 Å². The van der Waals surface area contributed by atoms with Crippen molar-refractivity contribution in [1.82, 2.24) is 5.32 Å². The predicted octanol–water partition coefficient (Wildman–Crippen LogP) is 3.47. The normalized spacial score (nSPS) is 19.7. The van der Waals surface area contributed by atoms with E-state index in [-0.39, 0.29) is 12.5 Å². The number of aryl methyl sites for hydroxylation is 1. The number of thiophene rings is 1. The molecule has 3 nitrogen and oxygen atoms in total. The number of fused-ring (bicyclic) bond motifs is 2. The van der Waals surface area contributed by atoms with Gasteiger partial charge in [0.1, 0.15) is 5.60 Å². The lowest BCUT2D eigenvalue weighted by Crippen LogP contribution is -2.39.